The molecule has 1 unspecified atom stereocenters. The predicted octanol–water partition coefficient (Wildman–Crippen LogP) is 0.990. The molecule has 2 rings (SSSR count). The van der Waals surface area contributed by atoms with E-state index in [1.807, 2.05) is 0 Å². The first-order chi connectivity index (χ1) is 6.34. The second-order valence-electron chi connectivity index (χ2n) is 4.39. The maximum atomic E-state index is 4.51. The highest BCUT2D eigenvalue weighted by molar-refractivity contribution is 7.80. The van der Waals surface area contributed by atoms with Crippen molar-refractivity contribution in [2.24, 2.45) is 5.92 Å². The molecule has 0 aromatic heterocycles. The van der Waals surface area contributed by atoms with Crippen LogP contribution in [-0.4, -0.2) is 42.9 Å². The van der Waals surface area contributed by atoms with Gasteiger partial charge in [-0.3, -0.25) is 0 Å². The summed E-state index contributed by atoms with van der Waals surface area (Å²) in [4.78, 5) is 2.62. The van der Waals surface area contributed by atoms with Crippen molar-refractivity contribution < 1.29 is 0 Å². The fourth-order valence-corrected chi connectivity index (χ4v) is 2.57. The van der Waals surface area contributed by atoms with E-state index in [1.165, 1.54) is 52.0 Å². The number of hydrogen-bond acceptors (Lipinski definition) is 3. The van der Waals surface area contributed by atoms with Gasteiger partial charge in [0.05, 0.1) is 0 Å². The maximum Gasteiger partial charge on any atom is 0.00411 e. The zero-order chi connectivity index (χ0) is 9.10. The Morgan fingerprint density at radius 2 is 2.00 bits per heavy atom. The van der Waals surface area contributed by atoms with E-state index in [2.05, 4.69) is 22.8 Å². The van der Waals surface area contributed by atoms with Gasteiger partial charge < -0.3 is 10.2 Å². The first-order valence-corrected chi connectivity index (χ1v) is 5.97. The van der Waals surface area contributed by atoms with Crippen molar-refractivity contribution in [2.45, 2.75) is 24.5 Å². The highest BCUT2D eigenvalue weighted by Crippen LogP contribution is 2.17. The third-order valence-electron chi connectivity index (χ3n) is 3.24. The monoisotopic (exact) mass is 200 g/mol. The fourth-order valence-electron chi connectivity index (χ4n) is 2.34. The summed E-state index contributed by atoms with van der Waals surface area (Å²) < 4.78 is 0. The molecule has 0 radical (unpaired) electrons. The topological polar surface area (TPSA) is 15.3 Å². The van der Waals surface area contributed by atoms with Crippen LogP contribution in [0.1, 0.15) is 19.3 Å². The molecule has 0 spiro atoms. The van der Waals surface area contributed by atoms with Gasteiger partial charge in [-0.05, 0) is 51.4 Å². The van der Waals surface area contributed by atoms with Crippen LogP contribution in [0.3, 0.4) is 0 Å². The minimum atomic E-state index is 0.665. The first-order valence-electron chi connectivity index (χ1n) is 5.46. The molecule has 0 saturated carbocycles. The van der Waals surface area contributed by atoms with Crippen LogP contribution in [0.4, 0.5) is 0 Å². The summed E-state index contributed by atoms with van der Waals surface area (Å²) in [6, 6.07) is 0. The van der Waals surface area contributed by atoms with E-state index in [4.69, 9.17) is 0 Å². The lowest BCUT2D eigenvalue weighted by molar-refractivity contribution is 0.204. The van der Waals surface area contributed by atoms with Crippen LogP contribution in [0.25, 0.3) is 0 Å². The summed E-state index contributed by atoms with van der Waals surface area (Å²) >= 11 is 4.51. The van der Waals surface area contributed by atoms with E-state index in [-0.39, 0.29) is 0 Å². The Morgan fingerprint density at radius 3 is 2.62 bits per heavy atom. The van der Waals surface area contributed by atoms with Gasteiger partial charge in [0.1, 0.15) is 0 Å². The molecule has 2 saturated heterocycles. The van der Waals surface area contributed by atoms with Gasteiger partial charge in [-0.15, -0.1) is 0 Å². The molecule has 1 N–H and O–H groups in total. The average molecular weight is 200 g/mol. The number of rotatable bonds is 2. The molecule has 76 valence electrons. The maximum absolute atomic E-state index is 4.51. The Kier molecular flexibility index (Phi) is 3.52. The summed E-state index contributed by atoms with van der Waals surface area (Å²) in [6.45, 7) is 6.32. The standard InChI is InChI=1S/C10H20N2S/c13-10-2-5-12(6-3-10)8-9-1-4-11-7-9/h9-11,13H,1-8H2. The Bertz CT molecular complexity index is 149. The van der Waals surface area contributed by atoms with Crippen molar-refractivity contribution >= 4 is 12.6 Å². The third-order valence-corrected chi connectivity index (χ3v) is 3.75. The molecule has 3 heteroatoms. The number of nitrogens with zero attached hydrogens (tertiary/aromatic N) is 1. The Morgan fingerprint density at radius 1 is 1.23 bits per heavy atom. The van der Waals surface area contributed by atoms with Crippen molar-refractivity contribution in [2.75, 3.05) is 32.7 Å². The van der Waals surface area contributed by atoms with E-state index < -0.39 is 0 Å². The van der Waals surface area contributed by atoms with Crippen molar-refractivity contribution in [3.8, 4) is 0 Å². The van der Waals surface area contributed by atoms with Crippen molar-refractivity contribution in [3.05, 3.63) is 0 Å². The summed E-state index contributed by atoms with van der Waals surface area (Å²) in [6.07, 6.45) is 3.94. The minimum Gasteiger partial charge on any atom is -0.316 e. The molecule has 2 aliphatic heterocycles. The van der Waals surface area contributed by atoms with Gasteiger partial charge in [-0.25, -0.2) is 0 Å². The van der Waals surface area contributed by atoms with E-state index in [9.17, 15) is 0 Å². The molecule has 2 aliphatic rings. The van der Waals surface area contributed by atoms with Gasteiger partial charge in [0.15, 0.2) is 0 Å². The zero-order valence-electron chi connectivity index (χ0n) is 8.21. The highest BCUT2D eigenvalue weighted by Gasteiger charge is 2.21. The number of nitrogens with one attached hydrogen (secondary N) is 1. The van der Waals surface area contributed by atoms with Crippen molar-refractivity contribution in [1.29, 1.82) is 0 Å². The molecule has 13 heavy (non-hydrogen) atoms. The fraction of sp³-hybridized carbons (Fsp3) is 1.00. The molecule has 0 bridgehead atoms. The average Bonchev–Trinajstić information content (AvgIpc) is 2.62. The molecule has 0 amide bonds. The van der Waals surface area contributed by atoms with Gasteiger partial charge in [0.25, 0.3) is 0 Å². The van der Waals surface area contributed by atoms with Gasteiger partial charge in [0, 0.05) is 11.8 Å². The van der Waals surface area contributed by atoms with Gasteiger partial charge in [0.2, 0.25) is 0 Å². The van der Waals surface area contributed by atoms with Crippen molar-refractivity contribution in [3.63, 3.8) is 0 Å². The molecule has 0 aromatic rings. The Balaban J connectivity index is 1.69. The second-order valence-corrected chi connectivity index (χ2v) is 5.12. The second kappa shape index (κ2) is 4.67. The lowest BCUT2D eigenvalue weighted by Crippen LogP contribution is -2.37. The molecular weight excluding hydrogens is 180 g/mol. The number of thiol groups is 1. The number of hydrogen-bond donors (Lipinski definition) is 2. The smallest absolute Gasteiger partial charge is 0.00411 e. The zero-order valence-corrected chi connectivity index (χ0v) is 9.10. The van der Waals surface area contributed by atoms with Gasteiger partial charge >= 0.3 is 0 Å². The lowest BCUT2D eigenvalue weighted by Gasteiger charge is -2.31. The summed E-state index contributed by atoms with van der Waals surface area (Å²) in [5.74, 6) is 0.913. The number of likely N-dealkylation sites (tertiary alicyclic amines) is 1. The minimum absolute atomic E-state index is 0.665. The SMILES string of the molecule is SC1CCN(CC2CCNC2)CC1. The molecule has 0 aliphatic carbocycles. The predicted molar refractivity (Wildman–Crippen MR) is 59.4 cm³/mol. The van der Waals surface area contributed by atoms with Crippen LogP contribution >= 0.6 is 12.6 Å². The molecule has 2 fully saturated rings. The van der Waals surface area contributed by atoms with Crippen LogP contribution < -0.4 is 5.32 Å². The van der Waals surface area contributed by atoms with Gasteiger partial charge in [-0.1, -0.05) is 0 Å². The van der Waals surface area contributed by atoms with E-state index >= 15 is 0 Å². The third kappa shape index (κ3) is 2.86. The summed E-state index contributed by atoms with van der Waals surface area (Å²) in [5.41, 5.74) is 0. The molecular formula is C10H20N2S. The molecule has 2 heterocycles. The number of piperidine rings is 1. The Labute approximate surface area is 86.5 Å². The van der Waals surface area contributed by atoms with Crippen LogP contribution in [0.15, 0.2) is 0 Å². The van der Waals surface area contributed by atoms with Crippen LogP contribution in [0, 0.1) is 5.92 Å². The normalized spacial score (nSPS) is 32.5. The van der Waals surface area contributed by atoms with Crippen molar-refractivity contribution in [1.82, 2.24) is 10.2 Å². The first kappa shape index (κ1) is 9.81. The van der Waals surface area contributed by atoms with Gasteiger partial charge in [-0.2, -0.15) is 12.6 Å². The quantitative estimate of drug-likeness (QED) is 0.646. The summed E-state index contributed by atoms with van der Waals surface area (Å²) in [5, 5.41) is 4.09. The van der Waals surface area contributed by atoms with Crippen LogP contribution in [0.5, 0.6) is 0 Å². The largest absolute Gasteiger partial charge is 0.316 e. The van der Waals surface area contributed by atoms with Crippen LogP contribution in [-0.2, 0) is 0 Å². The summed E-state index contributed by atoms with van der Waals surface area (Å²) in [7, 11) is 0. The molecule has 2 nitrogen and oxygen atoms in total. The highest BCUT2D eigenvalue weighted by atomic mass is 32.1. The molecule has 1 atom stereocenters. The molecule has 0 aromatic carbocycles. The van der Waals surface area contributed by atoms with E-state index in [0.717, 1.165) is 5.92 Å². The van der Waals surface area contributed by atoms with Crippen LogP contribution in [0.2, 0.25) is 0 Å². The Hall–Kier alpha value is 0.270. The lowest BCUT2D eigenvalue weighted by atomic mass is 10.1. The van der Waals surface area contributed by atoms with E-state index in [0.29, 0.717) is 5.25 Å². The van der Waals surface area contributed by atoms with E-state index in [1.54, 1.807) is 0 Å².